The Bertz CT molecular complexity index is 1890. The fourth-order valence-corrected chi connectivity index (χ4v) is 5.05. The Morgan fingerprint density at radius 2 is 1.09 bits per heavy atom. The van der Waals surface area contributed by atoms with Gasteiger partial charge in [0, 0.05) is 11.1 Å². The first kappa shape index (κ1) is 33.4. The second-order valence-electron chi connectivity index (χ2n) is 10.6. The van der Waals surface area contributed by atoms with Gasteiger partial charge in [-0.3, -0.25) is 0 Å². The monoisotopic (exact) mass is 656 g/mol. The van der Waals surface area contributed by atoms with Gasteiger partial charge in [-0.2, -0.15) is 22.0 Å². The summed E-state index contributed by atoms with van der Waals surface area (Å²) in [5, 5.41) is 0. The summed E-state index contributed by atoms with van der Waals surface area (Å²) in [5.41, 5.74) is -1.45. The smallest absolute Gasteiger partial charge is 0.426 e. The van der Waals surface area contributed by atoms with Gasteiger partial charge in [0.25, 0.3) is 0 Å². The van der Waals surface area contributed by atoms with E-state index in [0.717, 1.165) is 36.6 Å². The van der Waals surface area contributed by atoms with Crippen LogP contribution in [0.25, 0.3) is 33.4 Å². The number of alkyl halides is 5. The van der Waals surface area contributed by atoms with E-state index < -0.39 is 46.7 Å². The normalized spacial score (nSPS) is 12.1. The first-order valence-corrected chi connectivity index (χ1v) is 14.3. The Balaban J connectivity index is 1.30. The molecule has 10 heteroatoms. The van der Waals surface area contributed by atoms with Crippen LogP contribution in [0.2, 0.25) is 0 Å². The third kappa shape index (κ3) is 7.53. The lowest BCUT2D eigenvalue weighted by Crippen LogP contribution is -2.21. The molecule has 0 bridgehead atoms. The molecule has 5 aromatic carbocycles. The van der Waals surface area contributed by atoms with Gasteiger partial charge < -0.3 is 4.74 Å². The fourth-order valence-electron chi connectivity index (χ4n) is 5.05. The summed E-state index contributed by atoms with van der Waals surface area (Å²) in [6, 6.07) is 19.5. The molecule has 242 valence electrons. The molecule has 0 aliphatic rings. The van der Waals surface area contributed by atoms with Crippen molar-refractivity contribution in [2.24, 2.45) is 0 Å². The van der Waals surface area contributed by atoms with E-state index in [0.29, 0.717) is 23.3 Å². The lowest BCUT2D eigenvalue weighted by Gasteiger charge is -2.19. The molecule has 0 atom stereocenters. The molecule has 0 aliphatic carbocycles. The standard InChI is InChI=1S/C37H25F9O/c1-2-3-4-5-22-6-12-27(13-7-22)37(45,46)47-28-14-8-23(9-15-28)24-10-16-29(31(38)18-24)25-11-17-30(32(39)19-25)26-20-33(40)35(34(41)21-26)36(42,43)44/h2-3,6-21H,4-5H2,1H3/b3-2+. The average molecular weight is 657 g/mol. The van der Waals surface area contributed by atoms with Gasteiger partial charge in [-0.25, -0.2) is 17.6 Å². The molecule has 0 fully saturated rings. The van der Waals surface area contributed by atoms with Gasteiger partial charge in [-0.1, -0.05) is 60.7 Å². The fraction of sp³-hybridized carbons (Fsp3) is 0.135. The van der Waals surface area contributed by atoms with E-state index in [9.17, 15) is 35.1 Å². The molecule has 0 aromatic heterocycles. The summed E-state index contributed by atoms with van der Waals surface area (Å²) >= 11 is 0. The first-order chi connectivity index (χ1) is 22.3. The molecular formula is C37H25F9O. The molecule has 5 rings (SSSR count). The topological polar surface area (TPSA) is 9.23 Å². The Hall–Kier alpha value is -4.99. The maximum absolute atomic E-state index is 15.2. The van der Waals surface area contributed by atoms with Crippen LogP contribution < -0.4 is 4.74 Å². The van der Waals surface area contributed by atoms with Crippen molar-refractivity contribution in [2.75, 3.05) is 0 Å². The number of halogens is 9. The van der Waals surface area contributed by atoms with Crippen LogP contribution in [0.15, 0.2) is 109 Å². The minimum absolute atomic E-state index is 0.0311. The van der Waals surface area contributed by atoms with Crippen molar-refractivity contribution in [1.82, 2.24) is 0 Å². The highest BCUT2D eigenvalue weighted by Gasteiger charge is 2.38. The predicted molar refractivity (Wildman–Crippen MR) is 162 cm³/mol. The summed E-state index contributed by atoms with van der Waals surface area (Å²) in [7, 11) is 0. The number of benzene rings is 5. The lowest BCUT2D eigenvalue weighted by molar-refractivity contribution is -0.185. The van der Waals surface area contributed by atoms with Crippen molar-refractivity contribution in [3.05, 3.63) is 149 Å². The average Bonchev–Trinajstić information content (AvgIpc) is 3.00. The second kappa shape index (κ2) is 13.4. The first-order valence-electron chi connectivity index (χ1n) is 14.3. The molecule has 0 aliphatic heterocycles. The molecule has 0 saturated heterocycles. The molecular weight excluding hydrogens is 631 g/mol. The van der Waals surface area contributed by atoms with E-state index in [1.165, 1.54) is 54.6 Å². The zero-order valence-corrected chi connectivity index (χ0v) is 24.6. The molecule has 47 heavy (non-hydrogen) atoms. The Morgan fingerprint density at radius 1 is 0.574 bits per heavy atom. The largest absolute Gasteiger partial charge is 0.429 e. The molecule has 5 aromatic rings. The minimum Gasteiger partial charge on any atom is -0.429 e. The van der Waals surface area contributed by atoms with Crippen molar-refractivity contribution in [2.45, 2.75) is 32.1 Å². The van der Waals surface area contributed by atoms with E-state index in [4.69, 9.17) is 4.74 Å². The number of hydrogen-bond acceptors (Lipinski definition) is 1. The molecule has 0 N–H and O–H groups in total. The third-order valence-electron chi connectivity index (χ3n) is 7.44. The van der Waals surface area contributed by atoms with Crippen LogP contribution in [0.3, 0.4) is 0 Å². The third-order valence-corrected chi connectivity index (χ3v) is 7.44. The van der Waals surface area contributed by atoms with E-state index >= 15 is 4.39 Å². The second-order valence-corrected chi connectivity index (χ2v) is 10.6. The highest BCUT2D eigenvalue weighted by Crippen LogP contribution is 2.38. The molecule has 0 amide bonds. The molecule has 0 unspecified atom stereocenters. The zero-order valence-electron chi connectivity index (χ0n) is 24.6. The van der Waals surface area contributed by atoms with Crippen molar-refractivity contribution in [3.63, 3.8) is 0 Å². The zero-order chi connectivity index (χ0) is 33.9. The van der Waals surface area contributed by atoms with E-state index in [2.05, 4.69) is 0 Å². The van der Waals surface area contributed by atoms with Crippen LogP contribution in [0.5, 0.6) is 5.75 Å². The van der Waals surface area contributed by atoms with Crippen molar-refractivity contribution < 1.29 is 44.3 Å². The van der Waals surface area contributed by atoms with Gasteiger partial charge in [0.1, 0.15) is 34.6 Å². The van der Waals surface area contributed by atoms with Crippen molar-refractivity contribution in [3.8, 4) is 39.1 Å². The number of aryl methyl sites for hydroxylation is 1. The van der Waals surface area contributed by atoms with Crippen LogP contribution in [0.4, 0.5) is 39.5 Å². The van der Waals surface area contributed by atoms with E-state index in [1.807, 2.05) is 19.1 Å². The Labute approximate surface area is 264 Å². The number of ether oxygens (including phenoxy) is 1. The van der Waals surface area contributed by atoms with Gasteiger partial charge in [-0.05, 0) is 96.1 Å². The Morgan fingerprint density at radius 3 is 1.64 bits per heavy atom. The predicted octanol–water partition coefficient (Wildman–Crippen LogP) is 11.9. The van der Waals surface area contributed by atoms with Crippen LogP contribution in [-0.2, 0) is 18.7 Å². The quantitative estimate of drug-likeness (QED) is 0.113. The number of hydrogen-bond donors (Lipinski definition) is 0. The van der Waals surface area contributed by atoms with Gasteiger partial charge in [0.15, 0.2) is 0 Å². The number of allylic oxidation sites excluding steroid dienone is 2. The van der Waals surface area contributed by atoms with Gasteiger partial charge in [0.2, 0.25) is 0 Å². The van der Waals surface area contributed by atoms with Gasteiger partial charge in [0.05, 0.1) is 5.56 Å². The van der Waals surface area contributed by atoms with Crippen LogP contribution >= 0.6 is 0 Å². The van der Waals surface area contributed by atoms with Crippen LogP contribution in [0.1, 0.15) is 30.0 Å². The highest BCUT2D eigenvalue weighted by molar-refractivity contribution is 5.74. The summed E-state index contributed by atoms with van der Waals surface area (Å²) in [4.78, 5) is 0. The molecule has 0 saturated carbocycles. The maximum Gasteiger partial charge on any atom is 0.426 e. The summed E-state index contributed by atoms with van der Waals surface area (Å²) in [5.74, 6) is -5.71. The minimum atomic E-state index is -5.28. The van der Waals surface area contributed by atoms with Crippen molar-refractivity contribution in [1.29, 1.82) is 0 Å². The maximum atomic E-state index is 15.2. The SMILES string of the molecule is C/C=C/CCc1ccc(C(F)(F)Oc2ccc(-c3ccc(-c4ccc(-c5cc(F)c(C(F)(F)F)c(F)c5)c(F)c4)c(F)c3)cc2)cc1. The van der Waals surface area contributed by atoms with Gasteiger partial charge in [-0.15, -0.1) is 0 Å². The van der Waals surface area contributed by atoms with E-state index in [-0.39, 0.29) is 28.0 Å². The molecule has 0 spiro atoms. The summed E-state index contributed by atoms with van der Waals surface area (Å²) in [6.07, 6.45) is -3.44. The Kier molecular flexibility index (Phi) is 9.51. The lowest BCUT2D eigenvalue weighted by atomic mass is 9.96. The summed E-state index contributed by atoms with van der Waals surface area (Å²) < 4.78 is 132. The van der Waals surface area contributed by atoms with Crippen LogP contribution in [0, 0.1) is 23.3 Å². The highest BCUT2D eigenvalue weighted by atomic mass is 19.4. The van der Waals surface area contributed by atoms with Crippen molar-refractivity contribution >= 4 is 0 Å². The van der Waals surface area contributed by atoms with Crippen LogP contribution in [-0.4, -0.2) is 0 Å². The molecule has 0 radical (unpaired) electrons. The number of rotatable bonds is 9. The van der Waals surface area contributed by atoms with Gasteiger partial charge >= 0.3 is 12.3 Å². The molecule has 0 heterocycles. The molecule has 1 nitrogen and oxygen atoms in total. The summed E-state index contributed by atoms with van der Waals surface area (Å²) in [6.45, 7) is 1.91. The van der Waals surface area contributed by atoms with E-state index in [1.54, 1.807) is 12.1 Å².